The number of phenolic OH excluding ortho intramolecular Hbond substituents is 1. The summed E-state index contributed by atoms with van der Waals surface area (Å²) >= 11 is 0.939. The first kappa shape index (κ1) is 29.0. The number of anilines is 1. The minimum absolute atomic E-state index is 0.0437. The normalized spacial score (nSPS) is 14.6. The van der Waals surface area contributed by atoms with Crippen LogP contribution in [0.5, 0.6) is 5.75 Å². The van der Waals surface area contributed by atoms with Gasteiger partial charge in [-0.05, 0) is 85.5 Å². The van der Waals surface area contributed by atoms with E-state index < -0.39 is 10.1 Å². The fourth-order valence-corrected chi connectivity index (χ4v) is 5.96. The lowest BCUT2D eigenvalue weighted by Crippen LogP contribution is -2.04. The molecule has 4 aromatic rings. The van der Waals surface area contributed by atoms with Gasteiger partial charge in [0.25, 0.3) is 10.1 Å². The molecule has 1 aliphatic rings. The molecule has 0 heterocycles. The van der Waals surface area contributed by atoms with Gasteiger partial charge < -0.3 is 5.11 Å². The van der Waals surface area contributed by atoms with Crippen molar-refractivity contribution in [2.45, 2.75) is 61.7 Å². The molecule has 0 saturated heterocycles. The van der Waals surface area contributed by atoms with Gasteiger partial charge in [0.1, 0.15) is 5.69 Å². The Morgan fingerprint density at radius 3 is 2.32 bits per heavy atom. The number of fused-ring (bicyclic) bond motifs is 1. The molecule has 0 amide bonds. The standard InChI is InChI=1S/C30H31N3O6S2/c1-19-8-12-24(13-9-19)40-39-38-33-28-18-25(41(35,36)37)17-23-11-15-27(30(34)29(23)28)32-31-26-14-10-22(16-20(26)2)21-6-4-3-5-7-21/h8-18,21,33-34H,3-7H2,1-2H3,(H,35,36,37). The van der Waals surface area contributed by atoms with Crippen molar-refractivity contribution in [2.75, 3.05) is 5.48 Å². The van der Waals surface area contributed by atoms with Gasteiger partial charge in [0.2, 0.25) is 0 Å². The first-order chi connectivity index (χ1) is 19.7. The Labute approximate surface area is 243 Å². The van der Waals surface area contributed by atoms with Gasteiger partial charge in [-0.3, -0.25) is 4.55 Å². The Balaban J connectivity index is 1.40. The molecule has 1 saturated carbocycles. The van der Waals surface area contributed by atoms with Crippen LogP contribution in [0, 0.1) is 13.8 Å². The highest BCUT2D eigenvalue weighted by Crippen LogP contribution is 2.42. The summed E-state index contributed by atoms with van der Waals surface area (Å²) in [4.78, 5) is 5.50. The van der Waals surface area contributed by atoms with Crippen LogP contribution in [0.25, 0.3) is 10.8 Å². The van der Waals surface area contributed by atoms with E-state index in [0.29, 0.717) is 17.0 Å². The summed E-state index contributed by atoms with van der Waals surface area (Å²) < 4.78 is 38.6. The Bertz CT molecular complexity index is 1690. The summed E-state index contributed by atoms with van der Waals surface area (Å²) in [6.45, 7) is 3.96. The highest BCUT2D eigenvalue weighted by atomic mass is 32.2. The van der Waals surface area contributed by atoms with Crippen LogP contribution in [0.2, 0.25) is 0 Å². The zero-order valence-corrected chi connectivity index (χ0v) is 24.3. The van der Waals surface area contributed by atoms with Crippen molar-refractivity contribution >= 4 is 50.0 Å². The van der Waals surface area contributed by atoms with Gasteiger partial charge in [-0.1, -0.05) is 55.2 Å². The maximum atomic E-state index is 11.9. The molecule has 9 nitrogen and oxygen atoms in total. The van der Waals surface area contributed by atoms with Crippen LogP contribution in [-0.2, 0) is 19.4 Å². The van der Waals surface area contributed by atoms with Crippen molar-refractivity contribution in [3.63, 3.8) is 0 Å². The lowest BCUT2D eigenvalue weighted by atomic mass is 9.83. The summed E-state index contributed by atoms with van der Waals surface area (Å²) in [6, 6.07) is 19.2. The van der Waals surface area contributed by atoms with Crippen LogP contribution in [0.1, 0.15) is 54.7 Å². The zero-order chi connectivity index (χ0) is 29.0. The summed E-state index contributed by atoms with van der Waals surface area (Å²) in [5.41, 5.74) is 6.83. The number of nitrogens with zero attached hydrogens (tertiary/aromatic N) is 2. The molecule has 4 aromatic carbocycles. The molecule has 0 unspecified atom stereocenters. The number of nitrogens with one attached hydrogen (secondary N) is 1. The molecule has 1 fully saturated rings. The molecule has 0 atom stereocenters. The number of hydrogen-bond acceptors (Lipinski definition) is 9. The molecule has 214 valence electrons. The van der Waals surface area contributed by atoms with Crippen LogP contribution < -0.4 is 5.48 Å². The molecule has 0 aromatic heterocycles. The fourth-order valence-electron chi connectivity index (χ4n) is 5.02. The predicted molar refractivity (Wildman–Crippen MR) is 159 cm³/mol. The number of rotatable bonds is 9. The second-order valence-corrected chi connectivity index (χ2v) is 12.4. The van der Waals surface area contributed by atoms with E-state index in [4.69, 9.17) is 9.32 Å². The summed E-state index contributed by atoms with van der Waals surface area (Å²) in [5.74, 6) is 0.333. The molecule has 0 aliphatic heterocycles. The van der Waals surface area contributed by atoms with E-state index in [9.17, 15) is 18.1 Å². The molecule has 3 N–H and O–H groups in total. The SMILES string of the molecule is Cc1ccc(SOONc2cc(S(=O)(=O)O)cc3ccc(N=Nc4ccc(C5CCCCC5)cc4C)c(O)c23)cc1. The van der Waals surface area contributed by atoms with E-state index in [1.165, 1.54) is 49.8 Å². The van der Waals surface area contributed by atoms with Crippen LogP contribution in [-0.4, -0.2) is 18.1 Å². The van der Waals surface area contributed by atoms with Gasteiger partial charge in [0.15, 0.2) is 5.75 Å². The monoisotopic (exact) mass is 593 g/mol. The molecule has 1 aliphatic carbocycles. The van der Waals surface area contributed by atoms with Crippen molar-refractivity contribution in [1.29, 1.82) is 0 Å². The fraction of sp³-hybridized carbons (Fsp3) is 0.267. The number of hydrogen-bond donors (Lipinski definition) is 3. The Hall–Kier alpha value is -3.48. The van der Waals surface area contributed by atoms with Gasteiger partial charge in [-0.15, -0.1) is 14.4 Å². The maximum absolute atomic E-state index is 11.9. The molecular formula is C30H31N3O6S2. The van der Waals surface area contributed by atoms with Crippen molar-refractivity contribution < 1.29 is 27.4 Å². The largest absolute Gasteiger partial charge is 0.505 e. The summed E-state index contributed by atoms with van der Waals surface area (Å²) in [5, 5.41) is 20.3. The topological polar surface area (TPSA) is 130 Å². The first-order valence-electron chi connectivity index (χ1n) is 13.3. The quantitative estimate of drug-likeness (QED) is 0.0438. The van der Waals surface area contributed by atoms with Gasteiger partial charge in [0.05, 0.1) is 33.7 Å². The van der Waals surface area contributed by atoms with E-state index in [0.717, 1.165) is 34.1 Å². The third-order valence-electron chi connectivity index (χ3n) is 7.24. The van der Waals surface area contributed by atoms with Crippen molar-refractivity contribution in [3.8, 4) is 5.75 Å². The molecule has 0 bridgehead atoms. The Morgan fingerprint density at radius 1 is 0.902 bits per heavy atom. The average Bonchev–Trinajstić information content (AvgIpc) is 2.96. The van der Waals surface area contributed by atoms with E-state index in [1.807, 2.05) is 44.2 Å². The number of aromatic hydroxyl groups is 1. The minimum Gasteiger partial charge on any atom is -0.505 e. The lowest BCUT2D eigenvalue weighted by molar-refractivity contribution is -0.160. The third kappa shape index (κ3) is 7.06. The Kier molecular flexibility index (Phi) is 8.91. The average molecular weight is 594 g/mol. The van der Waals surface area contributed by atoms with E-state index >= 15 is 0 Å². The van der Waals surface area contributed by atoms with Crippen LogP contribution >= 0.6 is 12.0 Å². The van der Waals surface area contributed by atoms with E-state index in [1.54, 1.807) is 6.07 Å². The van der Waals surface area contributed by atoms with Crippen molar-refractivity contribution in [2.24, 2.45) is 10.2 Å². The predicted octanol–water partition coefficient (Wildman–Crippen LogP) is 8.85. The van der Waals surface area contributed by atoms with Gasteiger partial charge >= 0.3 is 0 Å². The number of benzene rings is 4. The molecule has 41 heavy (non-hydrogen) atoms. The van der Waals surface area contributed by atoms with Crippen LogP contribution in [0.4, 0.5) is 17.1 Å². The van der Waals surface area contributed by atoms with Gasteiger partial charge in [0, 0.05) is 4.90 Å². The number of aryl methyl sites for hydroxylation is 2. The summed E-state index contributed by atoms with van der Waals surface area (Å²) in [7, 11) is -4.55. The number of phenols is 1. The van der Waals surface area contributed by atoms with Crippen LogP contribution in [0.15, 0.2) is 86.7 Å². The van der Waals surface area contributed by atoms with Crippen LogP contribution in [0.3, 0.4) is 0 Å². The second kappa shape index (κ2) is 12.6. The molecule has 0 radical (unpaired) electrons. The maximum Gasteiger partial charge on any atom is 0.294 e. The zero-order valence-electron chi connectivity index (χ0n) is 22.7. The smallest absolute Gasteiger partial charge is 0.294 e. The van der Waals surface area contributed by atoms with Gasteiger partial charge in [-0.2, -0.15) is 13.5 Å². The highest BCUT2D eigenvalue weighted by molar-refractivity contribution is 7.94. The molecular weight excluding hydrogens is 562 g/mol. The van der Waals surface area contributed by atoms with Crippen molar-refractivity contribution in [3.05, 3.63) is 83.4 Å². The first-order valence-corrected chi connectivity index (χ1v) is 15.5. The number of azo groups is 1. The third-order valence-corrected chi connectivity index (χ3v) is 8.67. The Morgan fingerprint density at radius 2 is 1.61 bits per heavy atom. The van der Waals surface area contributed by atoms with Crippen molar-refractivity contribution in [1.82, 2.24) is 0 Å². The minimum atomic E-state index is -4.55. The second-order valence-electron chi connectivity index (χ2n) is 10.2. The highest BCUT2D eigenvalue weighted by Gasteiger charge is 2.19. The summed E-state index contributed by atoms with van der Waals surface area (Å²) in [6.07, 6.45) is 6.24. The lowest BCUT2D eigenvalue weighted by Gasteiger charge is -2.22. The molecule has 0 spiro atoms. The molecule has 11 heteroatoms. The van der Waals surface area contributed by atoms with E-state index in [2.05, 4.69) is 27.8 Å². The van der Waals surface area contributed by atoms with Gasteiger partial charge in [-0.25, -0.2) is 5.48 Å². The van der Waals surface area contributed by atoms with E-state index in [-0.39, 0.29) is 27.4 Å². The molecule has 5 rings (SSSR count).